The van der Waals surface area contributed by atoms with E-state index < -0.39 is 11.6 Å². The van der Waals surface area contributed by atoms with Crippen molar-refractivity contribution < 1.29 is 18.7 Å². The molecule has 0 bridgehead atoms. The zero-order valence-electron chi connectivity index (χ0n) is 9.90. The van der Waals surface area contributed by atoms with Crippen molar-refractivity contribution in [3.05, 3.63) is 35.4 Å². The van der Waals surface area contributed by atoms with Crippen molar-refractivity contribution in [3.8, 4) is 0 Å². The topological polar surface area (TPSA) is 40.5 Å². The Hall–Kier alpha value is -1.33. The minimum absolute atomic E-state index is 0.178. The van der Waals surface area contributed by atoms with Gasteiger partial charge in [-0.25, -0.2) is 8.78 Å². The van der Waals surface area contributed by atoms with Gasteiger partial charge in [-0.15, -0.1) is 0 Å². The second-order valence-corrected chi connectivity index (χ2v) is 4.56. The molecule has 18 heavy (non-hydrogen) atoms. The molecule has 0 aromatic heterocycles. The van der Waals surface area contributed by atoms with E-state index in [0.29, 0.717) is 25.9 Å². The van der Waals surface area contributed by atoms with Crippen LogP contribution in [0.25, 0.3) is 0 Å². The van der Waals surface area contributed by atoms with Crippen LogP contribution in [0.5, 0.6) is 0 Å². The summed E-state index contributed by atoms with van der Waals surface area (Å²) in [6.45, 7) is 1.48. The lowest BCUT2D eigenvalue weighted by Gasteiger charge is -2.28. The molecule has 1 aromatic carbocycles. The fourth-order valence-electron chi connectivity index (χ4n) is 2.04. The Bertz CT molecular complexity index is 443. The number of benzene rings is 1. The highest BCUT2D eigenvalue weighted by Gasteiger charge is 2.20. The number of likely N-dealkylation sites (tertiary alicyclic amines) is 1. The molecule has 0 unspecified atom stereocenters. The average molecular weight is 255 g/mol. The molecule has 5 heteroatoms. The van der Waals surface area contributed by atoms with Gasteiger partial charge in [-0.1, -0.05) is 0 Å². The predicted molar refractivity (Wildman–Crippen MR) is 62.4 cm³/mol. The van der Waals surface area contributed by atoms with Crippen LogP contribution < -0.4 is 0 Å². The molecular formula is C13H15F2NO2. The molecule has 1 aliphatic heterocycles. The Kier molecular flexibility index (Phi) is 4.04. The Morgan fingerprint density at radius 1 is 1.28 bits per heavy atom. The van der Waals surface area contributed by atoms with E-state index in [2.05, 4.69) is 0 Å². The average Bonchev–Trinajstić information content (AvgIpc) is 2.35. The van der Waals surface area contributed by atoms with E-state index in [1.807, 2.05) is 4.90 Å². The highest BCUT2D eigenvalue weighted by molar-refractivity contribution is 5.97. The van der Waals surface area contributed by atoms with E-state index in [-0.39, 0.29) is 24.0 Å². The molecule has 0 spiro atoms. The van der Waals surface area contributed by atoms with Crippen LogP contribution in [0, 0.1) is 11.6 Å². The molecule has 1 fully saturated rings. The van der Waals surface area contributed by atoms with Crippen molar-refractivity contribution in [3.63, 3.8) is 0 Å². The summed E-state index contributed by atoms with van der Waals surface area (Å²) in [4.78, 5) is 13.8. The van der Waals surface area contributed by atoms with E-state index in [0.717, 1.165) is 12.1 Å². The first-order valence-electron chi connectivity index (χ1n) is 5.95. The number of piperidine rings is 1. The lowest BCUT2D eigenvalue weighted by molar-refractivity contribution is 0.0711. The Morgan fingerprint density at radius 3 is 2.56 bits per heavy atom. The number of carbonyl (C=O) groups excluding carboxylic acids is 1. The molecule has 0 amide bonds. The van der Waals surface area contributed by atoms with E-state index in [1.165, 1.54) is 6.07 Å². The summed E-state index contributed by atoms with van der Waals surface area (Å²) in [5.41, 5.74) is 0.181. The van der Waals surface area contributed by atoms with Gasteiger partial charge >= 0.3 is 0 Å². The minimum atomic E-state index is -1.00. The van der Waals surface area contributed by atoms with Crippen LogP contribution in [-0.4, -0.2) is 41.5 Å². The van der Waals surface area contributed by atoms with Crippen LogP contribution in [0.1, 0.15) is 23.2 Å². The number of ketones is 1. The van der Waals surface area contributed by atoms with Crippen LogP contribution in [0.15, 0.2) is 18.2 Å². The third kappa shape index (κ3) is 3.11. The zero-order chi connectivity index (χ0) is 13.1. The number of hydrogen-bond acceptors (Lipinski definition) is 3. The molecule has 1 aromatic rings. The molecule has 3 nitrogen and oxygen atoms in total. The minimum Gasteiger partial charge on any atom is -0.393 e. The second kappa shape index (κ2) is 5.54. The first-order valence-corrected chi connectivity index (χ1v) is 5.95. The van der Waals surface area contributed by atoms with E-state index >= 15 is 0 Å². The molecule has 1 saturated heterocycles. The summed E-state index contributed by atoms with van der Waals surface area (Å²) in [5.74, 6) is -2.19. The maximum Gasteiger partial charge on any atom is 0.176 e. The van der Waals surface area contributed by atoms with Gasteiger partial charge in [0.1, 0.15) is 0 Å². The largest absolute Gasteiger partial charge is 0.393 e. The molecule has 2 rings (SSSR count). The van der Waals surface area contributed by atoms with Crippen LogP contribution in [0.4, 0.5) is 8.78 Å². The summed E-state index contributed by atoms with van der Waals surface area (Å²) < 4.78 is 25.7. The van der Waals surface area contributed by atoms with E-state index in [4.69, 9.17) is 0 Å². The highest BCUT2D eigenvalue weighted by Crippen LogP contribution is 2.13. The van der Waals surface area contributed by atoms with Crippen molar-refractivity contribution in [2.75, 3.05) is 19.6 Å². The second-order valence-electron chi connectivity index (χ2n) is 4.56. The first-order chi connectivity index (χ1) is 8.56. The fraction of sp³-hybridized carbons (Fsp3) is 0.462. The molecule has 0 aliphatic carbocycles. The predicted octanol–water partition coefficient (Wildman–Crippen LogP) is 1.60. The zero-order valence-corrected chi connectivity index (χ0v) is 9.90. The molecule has 98 valence electrons. The quantitative estimate of drug-likeness (QED) is 0.834. The van der Waals surface area contributed by atoms with Gasteiger partial charge in [-0.05, 0) is 31.0 Å². The smallest absolute Gasteiger partial charge is 0.176 e. The number of rotatable bonds is 3. The lowest BCUT2D eigenvalue weighted by Crippen LogP contribution is -2.39. The number of Topliss-reactive ketones (excluding diaryl/α,β-unsaturated/α-hetero) is 1. The number of nitrogens with zero attached hydrogens (tertiary/aromatic N) is 1. The molecule has 0 radical (unpaired) electrons. The third-order valence-electron chi connectivity index (χ3n) is 3.17. The first kappa shape index (κ1) is 13.1. The van der Waals surface area contributed by atoms with Gasteiger partial charge in [0, 0.05) is 18.7 Å². The molecule has 1 heterocycles. The van der Waals surface area contributed by atoms with E-state index in [9.17, 15) is 18.7 Å². The van der Waals surface area contributed by atoms with Crippen LogP contribution >= 0.6 is 0 Å². The summed E-state index contributed by atoms with van der Waals surface area (Å²) in [7, 11) is 0. The van der Waals surface area contributed by atoms with Gasteiger partial charge < -0.3 is 5.11 Å². The summed E-state index contributed by atoms with van der Waals surface area (Å²) in [6, 6.07) is 3.18. The van der Waals surface area contributed by atoms with Crippen molar-refractivity contribution in [2.45, 2.75) is 18.9 Å². The lowest BCUT2D eigenvalue weighted by atomic mass is 10.1. The fourth-order valence-corrected chi connectivity index (χ4v) is 2.04. The van der Waals surface area contributed by atoms with Crippen LogP contribution in [0.2, 0.25) is 0 Å². The summed E-state index contributed by atoms with van der Waals surface area (Å²) in [5, 5.41) is 9.34. The van der Waals surface area contributed by atoms with Crippen molar-refractivity contribution in [2.24, 2.45) is 0 Å². The number of hydrogen-bond donors (Lipinski definition) is 1. The molecule has 0 atom stereocenters. The number of carbonyl (C=O) groups is 1. The molecule has 0 saturated carbocycles. The number of aliphatic hydroxyl groups excluding tert-OH is 1. The van der Waals surface area contributed by atoms with Gasteiger partial charge in [-0.3, -0.25) is 9.69 Å². The Balaban J connectivity index is 1.97. The standard InChI is InChI=1S/C13H15F2NO2/c14-11-2-1-9(7-12(11)15)13(18)8-16-5-3-10(17)4-6-16/h1-2,7,10,17H,3-6,8H2. The van der Waals surface area contributed by atoms with E-state index in [1.54, 1.807) is 0 Å². The van der Waals surface area contributed by atoms with Crippen LogP contribution in [-0.2, 0) is 0 Å². The number of halogens is 2. The Labute approximate surface area is 104 Å². The number of aliphatic hydroxyl groups is 1. The Morgan fingerprint density at radius 2 is 1.94 bits per heavy atom. The van der Waals surface area contributed by atoms with Crippen molar-refractivity contribution in [1.82, 2.24) is 4.90 Å². The van der Waals surface area contributed by atoms with Gasteiger partial charge in [-0.2, -0.15) is 0 Å². The summed E-state index contributed by atoms with van der Waals surface area (Å²) >= 11 is 0. The maximum absolute atomic E-state index is 13.0. The van der Waals surface area contributed by atoms with Gasteiger partial charge in [0.05, 0.1) is 12.6 Å². The maximum atomic E-state index is 13.0. The SMILES string of the molecule is O=C(CN1CCC(O)CC1)c1ccc(F)c(F)c1. The highest BCUT2D eigenvalue weighted by atomic mass is 19.2. The van der Waals surface area contributed by atoms with Crippen LogP contribution in [0.3, 0.4) is 0 Å². The summed E-state index contributed by atoms with van der Waals surface area (Å²) in [6.07, 6.45) is 0.996. The molecule has 1 N–H and O–H groups in total. The molecule has 1 aliphatic rings. The molecular weight excluding hydrogens is 240 g/mol. The van der Waals surface area contributed by atoms with Crippen molar-refractivity contribution >= 4 is 5.78 Å². The normalized spacial score (nSPS) is 17.9. The van der Waals surface area contributed by atoms with Gasteiger partial charge in [0.25, 0.3) is 0 Å². The monoisotopic (exact) mass is 255 g/mol. The van der Waals surface area contributed by atoms with Crippen molar-refractivity contribution in [1.29, 1.82) is 0 Å². The van der Waals surface area contributed by atoms with Gasteiger partial charge in [0.2, 0.25) is 0 Å². The third-order valence-corrected chi connectivity index (χ3v) is 3.17. The van der Waals surface area contributed by atoms with Gasteiger partial charge in [0.15, 0.2) is 17.4 Å².